The smallest absolute Gasteiger partial charge is 0.320 e. The van der Waals surface area contributed by atoms with E-state index in [-0.39, 0.29) is 6.04 Å². The molecule has 4 nitrogen and oxygen atoms in total. The zero-order valence-electron chi connectivity index (χ0n) is 11.5. The Morgan fingerprint density at radius 2 is 1.88 bits per heavy atom. The van der Waals surface area contributed by atoms with Crippen molar-refractivity contribution >= 4 is 5.97 Å². The van der Waals surface area contributed by atoms with Crippen LogP contribution in [0.25, 0.3) is 0 Å². The number of nitrogens with one attached hydrogen (secondary N) is 1. The first-order valence-corrected chi connectivity index (χ1v) is 6.78. The number of carboxylic acids is 1. The molecule has 0 aromatic rings. The van der Waals surface area contributed by atoms with Crippen LogP contribution in [0.2, 0.25) is 0 Å². The lowest BCUT2D eigenvalue weighted by atomic mass is 10.1. The van der Waals surface area contributed by atoms with Crippen molar-refractivity contribution < 1.29 is 9.90 Å². The summed E-state index contributed by atoms with van der Waals surface area (Å²) in [7, 11) is 1.90. The van der Waals surface area contributed by atoms with E-state index in [1.54, 1.807) is 0 Å². The fourth-order valence-electron chi connectivity index (χ4n) is 1.90. The van der Waals surface area contributed by atoms with E-state index in [1.165, 1.54) is 0 Å². The van der Waals surface area contributed by atoms with E-state index in [0.29, 0.717) is 0 Å². The minimum atomic E-state index is -0.675. The normalized spacial score (nSPS) is 12.9. The summed E-state index contributed by atoms with van der Waals surface area (Å²) in [5.74, 6) is -0.675. The van der Waals surface area contributed by atoms with Gasteiger partial charge in [-0.05, 0) is 26.4 Å². The van der Waals surface area contributed by atoms with Crippen molar-refractivity contribution in [3.63, 3.8) is 0 Å². The summed E-state index contributed by atoms with van der Waals surface area (Å²) in [5, 5.41) is 12.4. The number of unbranched alkanes of at least 4 members (excludes halogenated alkanes) is 2. The first-order valence-electron chi connectivity index (χ1n) is 6.78. The maximum atomic E-state index is 11.3. The minimum Gasteiger partial charge on any atom is -0.480 e. The molecule has 0 fully saturated rings. The molecule has 0 unspecified atom stereocenters. The molecule has 0 bridgehead atoms. The molecule has 0 aliphatic rings. The molecule has 0 aromatic heterocycles. The summed E-state index contributed by atoms with van der Waals surface area (Å²) < 4.78 is 0. The third kappa shape index (κ3) is 7.34. The number of nitrogens with zero attached hydrogens (tertiary/aromatic N) is 1. The molecule has 0 spiro atoms. The van der Waals surface area contributed by atoms with E-state index in [9.17, 15) is 9.90 Å². The first kappa shape index (κ1) is 16.4. The molecule has 4 heteroatoms. The molecule has 0 aliphatic heterocycles. The molecule has 0 saturated carbocycles. The fraction of sp³-hybridized carbons (Fsp3) is 0.923. The highest BCUT2D eigenvalue weighted by atomic mass is 16.4. The Labute approximate surface area is 105 Å². The monoisotopic (exact) mass is 244 g/mol. The lowest BCUT2D eigenvalue weighted by Gasteiger charge is -2.28. The van der Waals surface area contributed by atoms with Crippen LogP contribution in [0, 0.1) is 0 Å². The Morgan fingerprint density at radius 3 is 2.35 bits per heavy atom. The average molecular weight is 244 g/mol. The molecule has 0 amide bonds. The zero-order chi connectivity index (χ0) is 13.1. The van der Waals surface area contributed by atoms with Crippen LogP contribution in [-0.4, -0.2) is 48.7 Å². The van der Waals surface area contributed by atoms with Crippen LogP contribution >= 0.6 is 0 Å². The van der Waals surface area contributed by atoms with Gasteiger partial charge in [0.1, 0.15) is 6.04 Å². The van der Waals surface area contributed by atoms with Gasteiger partial charge in [0.05, 0.1) is 0 Å². The first-order chi connectivity index (χ1) is 8.17. The van der Waals surface area contributed by atoms with E-state index in [2.05, 4.69) is 24.1 Å². The van der Waals surface area contributed by atoms with Gasteiger partial charge in [0.2, 0.25) is 0 Å². The number of hydrogen-bond donors (Lipinski definition) is 2. The maximum Gasteiger partial charge on any atom is 0.320 e. The van der Waals surface area contributed by atoms with Gasteiger partial charge >= 0.3 is 5.97 Å². The molecule has 0 heterocycles. The summed E-state index contributed by atoms with van der Waals surface area (Å²) in [6, 6.07) is -0.310. The van der Waals surface area contributed by atoms with Crippen LogP contribution < -0.4 is 5.32 Å². The van der Waals surface area contributed by atoms with Crippen LogP contribution in [0.1, 0.15) is 46.0 Å². The summed E-state index contributed by atoms with van der Waals surface area (Å²) in [6.45, 7) is 6.79. The zero-order valence-corrected chi connectivity index (χ0v) is 11.5. The second kappa shape index (κ2) is 10.5. The fourth-order valence-corrected chi connectivity index (χ4v) is 1.90. The van der Waals surface area contributed by atoms with E-state index in [1.807, 2.05) is 7.05 Å². The molecular weight excluding hydrogens is 216 g/mol. The molecule has 102 valence electrons. The Bertz CT molecular complexity index is 190. The van der Waals surface area contributed by atoms with Crippen molar-refractivity contribution in [3.8, 4) is 0 Å². The third-order valence-corrected chi connectivity index (χ3v) is 3.00. The van der Waals surface area contributed by atoms with E-state index in [0.717, 1.165) is 51.7 Å². The Morgan fingerprint density at radius 1 is 1.24 bits per heavy atom. The number of aliphatic carboxylic acids is 1. The quantitative estimate of drug-likeness (QED) is 0.583. The van der Waals surface area contributed by atoms with E-state index in [4.69, 9.17) is 0 Å². The number of carbonyl (C=O) groups is 1. The lowest BCUT2D eigenvalue weighted by molar-refractivity contribution is -0.143. The molecule has 0 saturated heterocycles. The topological polar surface area (TPSA) is 52.6 Å². The van der Waals surface area contributed by atoms with Crippen molar-refractivity contribution in [1.29, 1.82) is 0 Å². The lowest BCUT2D eigenvalue weighted by Crippen LogP contribution is -2.44. The highest BCUT2D eigenvalue weighted by molar-refractivity contribution is 5.73. The largest absolute Gasteiger partial charge is 0.480 e. The van der Waals surface area contributed by atoms with Crippen molar-refractivity contribution in [1.82, 2.24) is 10.2 Å². The second-order valence-corrected chi connectivity index (χ2v) is 4.49. The molecule has 0 radical (unpaired) electrons. The number of rotatable bonds is 11. The summed E-state index contributed by atoms with van der Waals surface area (Å²) in [5.41, 5.74) is 0. The van der Waals surface area contributed by atoms with Gasteiger partial charge in [0.25, 0.3) is 0 Å². The SMILES string of the molecule is CCCC[C@@H](C(=O)O)N(CCCC)CCNC. The van der Waals surface area contributed by atoms with Crippen LogP contribution in [0.5, 0.6) is 0 Å². The van der Waals surface area contributed by atoms with Gasteiger partial charge in [-0.2, -0.15) is 0 Å². The van der Waals surface area contributed by atoms with Gasteiger partial charge in [-0.15, -0.1) is 0 Å². The summed E-state index contributed by atoms with van der Waals surface area (Å²) >= 11 is 0. The number of likely N-dealkylation sites (N-methyl/N-ethyl adjacent to an activating group) is 1. The molecule has 0 aliphatic carbocycles. The van der Waals surface area contributed by atoms with Crippen molar-refractivity contribution in [2.75, 3.05) is 26.7 Å². The highest BCUT2D eigenvalue weighted by Crippen LogP contribution is 2.10. The van der Waals surface area contributed by atoms with Crippen LogP contribution in [0.15, 0.2) is 0 Å². The molecular formula is C13H28N2O2. The van der Waals surface area contributed by atoms with Gasteiger partial charge < -0.3 is 10.4 Å². The number of hydrogen-bond acceptors (Lipinski definition) is 3. The summed E-state index contributed by atoms with van der Waals surface area (Å²) in [6.07, 6.45) is 4.98. The Kier molecular flexibility index (Phi) is 10.2. The van der Waals surface area contributed by atoms with Gasteiger partial charge in [-0.3, -0.25) is 9.69 Å². The van der Waals surface area contributed by atoms with Crippen molar-refractivity contribution in [3.05, 3.63) is 0 Å². The predicted octanol–water partition coefficient (Wildman–Crippen LogP) is 1.95. The van der Waals surface area contributed by atoms with Crippen molar-refractivity contribution in [2.45, 2.75) is 52.0 Å². The van der Waals surface area contributed by atoms with Crippen LogP contribution in [-0.2, 0) is 4.79 Å². The minimum absolute atomic E-state index is 0.310. The Hall–Kier alpha value is -0.610. The molecule has 2 N–H and O–H groups in total. The number of carboxylic acid groups (broad SMARTS) is 1. The second-order valence-electron chi connectivity index (χ2n) is 4.49. The average Bonchev–Trinajstić information content (AvgIpc) is 2.31. The van der Waals surface area contributed by atoms with Crippen molar-refractivity contribution in [2.24, 2.45) is 0 Å². The molecule has 17 heavy (non-hydrogen) atoms. The Balaban J connectivity index is 4.37. The molecule has 1 atom stereocenters. The molecule has 0 aromatic carbocycles. The van der Waals surface area contributed by atoms with E-state index >= 15 is 0 Å². The maximum absolute atomic E-state index is 11.3. The van der Waals surface area contributed by atoms with Crippen LogP contribution in [0.4, 0.5) is 0 Å². The summed E-state index contributed by atoms with van der Waals surface area (Å²) in [4.78, 5) is 13.4. The van der Waals surface area contributed by atoms with Gasteiger partial charge in [-0.25, -0.2) is 0 Å². The van der Waals surface area contributed by atoms with E-state index < -0.39 is 5.97 Å². The molecule has 0 rings (SSSR count). The highest BCUT2D eigenvalue weighted by Gasteiger charge is 2.23. The van der Waals surface area contributed by atoms with Gasteiger partial charge in [-0.1, -0.05) is 33.1 Å². The van der Waals surface area contributed by atoms with Crippen LogP contribution in [0.3, 0.4) is 0 Å². The van der Waals surface area contributed by atoms with Gasteiger partial charge in [0.15, 0.2) is 0 Å². The standard InChI is InChI=1S/C13H28N2O2/c1-4-6-8-12(13(16)17)15(10-7-5-2)11-9-14-3/h12,14H,4-11H2,1-3H3,(H,16,17)/t12-/m0/s1. The van der Waals surface area contributed by atoms with Gasteiger partial charge in [0, 0.05) is 13.1 Å². The third-order valence-electron chi connectivity index (χ3n) is 3.00. The predicted molar refractivity (Wildman–Crippen MR) is 71.4 cm³/mol.